The van der Waals surface area contributed by atoms with Gasteiger partial charge in [-0.3, -0.25) is 14.5 Å². The Bertz CT molecular complexity index is 1820. The number of nitrogens with zero attached hydrogens (tertiary/aromatic N) is 3. The monoisotopic (exact) mass is 704 g/mol. The second kappa shape index (κ2) is 19.8. The van der Waals surface area contributed by atoms with Crippen LogP contribution in [0, 0.1) is 13.8 Å². The fourth-order valence-corrected chi connectivity index (χ4v) is 6.90. The summed E-state index contributed by atoms with van der Waals surface area (Å²) in [5.41, 5.74) is 7.38. The van der Waals surface area contributed by atoms with Crippen LogP contribution >= 0.6 is 0 Å². The number of unbranched alkanes of at least 4 members (excludes halogenated alkanes) is 3. The van der Waals surface area contributed by atoms with E-state index in [-0.39, 0.29) is 0 Å². The van der Waals surface area contributed by atoms with Gasteiger partial charge in [0.05, 0.1) is 6.61 Å². The summed E-state index contributed by atoms with van der Waals surface area (Å²) in [4.78, 5) is 29.1. The predicted octanol–water partition coefficient (Wildman–Crippen LogP) is 7.52. The standard InChI is InChI=1S/C44H57N5O3/c1-34-30-37(17-9-8-16-36-20-22-39(23-21-36)47(3)4)31-35(2)49(34)28-13-6-5-10-24-45-41-42(44(51)43(41)50)46-25-15-29-52-40-19-14-18-38(32-40)33-48-26-11-7-12-27-48/h8-9,14,16-23,30-32H,5-7,10-13,15,24-29,33H2,1-4H3,(H-,45,46,50,51)/p+1. The average molecular weight is 705 g/mol. The maximum absolute atomic E-state index is 12.2. The number of nitrogens with one attached hydrogen (secondary N) is 2. The Hall–Kier alpha value is -4.69. The van der Waals surface area contributed by atoms with E-state index in [0.717, 1.165) is 50.9 Å². The fourth-order valence-electron chi connectivity index (χ4n) is 6.90. The van der Waals surface area contributed by atoms with Crippen molar-refractivity contribution < 1.29 is 9.30 Å². The van der Waals surface area contributed by atoms with Crippen LogP contribution in [0.4, 0.5) is 17.1 Å². The topological polar surface area (TPSA) is 77.8 Å². The number of rotatable bonds is 20. The van der Waals surface area contributed by atoms with Crippen molar-refractivity contribution in [2.24, 2.45) is 0 Å². The number of hydrogen-bond acceptors (Lipinski definition) is 7. The van der Waals surface area contributed by atoms with E-state index in [0.29, 0.717) is 31.1 Å². The van der Waals surface area contributed by atoms with Gasteiger partial charge in [0.2, 0.25) is 0 Å². The first-order valence-corrected chi connectivity index (χ1v) is 19.2. The van der Waals surface area contributed by atoms with Crippen LogP contribution in [-0.2, 0) is 13.1 Å². The van der Waals surface area contributed by atoms with Crippen molar-refractivity contribution in [1.29, 1.82) is 0 Å². The first-order valence-electron chi connectivity index (χ1n) is 19.2. The van der Waals surface area contributed by atoms with E-state index in [1.807, 2.05) is 6.07 Å². The van der Waals surface area contributed by atoms with Crippen molar-refractivity contribution in [2.45, 2.75) is 78.3 Å². The van der Waals surface area contributed by atoms with E-state index in [1.165, 1.54) is 66.1 Å². The van der Waals surface area contributed by atoms with Gasteiger partial charge in [-0.1, -0.05) is 61.4 Å². The molecule has 0 spiro atoms. The molecule has 0 amide bonds. The molecule has 1 aliphatic heterocycles. The largest absolute Gasteiger partial charge is 0.494 e. The van der Waals surface area contributed by atoms with Gasteiger partial charge >= 0.3 is 0 Å². The summed E-state index contributed by atoms with van der Waals surface area (Å²) in [6.07, 6.45) is 17.3. The van der Waals surface area contributed by atoms with Crippen molar-refractivity contribution in [2.75, 3.05) is 62.4 Å². The van der Waals surface area contributed by atoms with Gasteiger partial charge < -0.3 is 20.3 Å². The lowest BCUT2D eigenvalue weighted by Crippen LogP contribution is -2.40. The van der Waals surface area contributed by atoms with Crippen molar-refractivity contribution in [1.82, 2.24) is 4.90 Å². The van der Waals surface area contributed by atoms with Crippen LogP contribution in [0.25, 0.3) is 12.2 Å². The number of pyridine rings is 1. The molecule has 0 unspecified atom stereocenters. The van der Waals surface area contributed by atoms with Gasteiger partial charge in [0.25, 0.3) is 10.9 Å². The normalized spacial score (nSPS) is 13.7. The Labute approximate surface area is 310 Å². The number of anilines is 3. The highest BCUT2D eigenvalue weighted by atomic mass is 16.5. The molecule has 2 N–H and O–H groups in total. The van der Waals surface area contributed by atoms with Crippen LogP contribution in [0.3, 0.4) is 0 Å². The van der Waals surface area contributed by atoms with Crippen LogP contribution in [0.15, 0.2) is 82.4 Å². The van der Waals surface area contributed by atoms with Crippen molar-refractivity contribution in [3.63, 3.8) is 0 Å². The Kier molecular flexibility index (Phi) is 14.7. The summed E-state index contributed by atoms with van der Waals surface area (Å²) in [7, 11) is 4.10. The van der Waals surface area contributed by atoms with Crippen LogP contribution < -0.4 is 35.7 Å². The minimum absolute atomic E-state index is 0.417. The van der Waals surface area contributed by atoms with E-state index < -0.39 is 10.9 Å². The molecule has 4 aromatic rings. The number of aromatic nitrogens is 1. The number of piperidine rings is 1. The maximum Gasteiger partial charge on any atom is 0.253 e. The number of ether oxygens (including phenoxy) is 1. The summed E-state index contributed by atoms with van der Waals surface area (Å²) in [5, 5.41) is 6.39. The van der Waals surface area contributed by atoms with Crippen LogP contribution in [0.2, 0.25) is 0 Å². The smallest absolute Gasteiger partial charge is 0.253 e. The Morgan fingerprint density at radius 2 is 1.38 bits per heavy atom. The molecule has 1 aliphatic rings. The summed E-state index contributed by atoms with van der Waals surface area (Å²) in [6, 6.07) is 21.4. The second-order valence-corrected chi connectivity index (χ2v) is 14.3. The lowest BCUT2D eigenvalue weighted by atomic mass is 10.1. The zero-order valence-corrected chi connectivity index (χ0v) is 31.8. The van der Waals surface area contributed by atoms with E-state index in [9.17, 15) is 9.59 Å². The molecule has 0 saturated carbocycles. The maximum atomic E-state index is 12.2. The number of benzene rings is 2. The zero-order chi connectivity index (χ0) is 36.7. The second-order valence-electron chi connectivity index (χ2n) is 14.3. The van der Waals surface area contributed by atoms with Gasteiger partial charge in [0.1, 0.15) is 23.7 Å². The molecule has 0 aliphatic carbocycles. The van der Waals surface area contributed by atoms with Crippen LogP contribution in [-0.4, -0.2) is 51.8 Å². The zero-order valence-electron chi connectivity index (χ0n) is 31.8. The van der Waals surface area contributed by atoms with E-state index in [2.05, 4.69) is 132 Å². The Morgan fingerprint density at radius 3 is 2.06 bits per heavy atom. The predicted molar refractivity (Wildman–Crippen MR) is 217 cm³/mol. The van der Waals surface area contributed by atoms with Crippen molar-refractivity contribution >= 4 is 29.2 Å². The fraction of sp³-hybridized carbons (Fsp3) is 0.432. The van der Waals surface area contributed by atoms with Gasteiger partial charge in [-0.25, -0.2) is 4.57 Å². The van der Waals surface area contributed by atoms with E-state index in [4.69, 9.17) is 4.74 Å². The molecule has 0 radical (unpaired) electrons. The first kappa shape index (κ1) is 38.5. The van der Waals surface area contributed by atoms with Crippen LogP contribution in [0.5, 0.6) is 5.75 Å². The summed E-state index contributed by atoms with van der Waals surface area (Å²) in [6.45, 7) is 10.4. The lowest BCUT2D eigenvalue weighted by molar-refractivity contribution is -0.709. The third-order valence-corrected chi connectivity index (χ3v) is 9.87. The first-order chi connectivity index (χ1) is 25.3. The lowest BCUT2D eigenvalue weighted by Gasteiger charge is -2.26. The average Bonchev–Trinajstić information content (AvgIpc) is 3.14. The summed E-state index contributed by atoms with van der Waals surface area (Å²) >= 11 is 0. The molecule has 276 valence electrons. The number of allylic oxidation sites excluding steroid dienone is 2. The van der Waals surface area contributed by atoms with Gasteiger partial charge in [-0.05, 0) is 86.1 Å². The van der Waals surface area contributed by atoms with E-state index in [1.54, 1.807) is 0 Å². The van der Waals surface area contributed by atoms with Gasteiger partial charge in [-0.15, -0.1) is 0 Å². The number of likely N-dealkylation sites (tertiary alicyclic amines) is 1. The molecular formula is C44H58N5O3+. The van der Waals surface area contributed by atoms with Crippen LogP contribution in [0.1, 0.15) is 79.4 Å². The Balaban J connectivity index is 0.954. The molecule has 0 bridgehead atoms. The van der Waals surface area contributed by atoms with Gasteiger partial charge in [0, 0.05) is 71.8 Å². The highest BCUT2D eigenvalue weighted by Gasteiger charge is 2.20. The molecule has 8 nitrogen and oxygen atoms in total. The molecule has 3 aromatic carbocycles. The molecule has 1 saturated heterocycles. The molecule has 5 rings (SSSR count). The number of hydrogen-bond donors (Lipinski definition) is 2. The number of aryl methyl sites for hydroxylation is 2. The Morgan fingerprint density at radius 1 is 0.750 bits per heavy atom. The van der Waals surface area contributed by atoms with Crippen molar-refractivity contribution in [3.8, 4) is 5.75 Å². The molecular weight excluding hydrogens is 647 g/mol. The molecule has 1 aromatic heterocycles. The minimum Gasteiger partial charge on any atom is -0.494 e. The minimum atomic E-state index is -0.430. The van der Waals surface area contributed by atoms with Crippen molar-refractivity contribution in [3.05, 3.63) is 121 Å². The highest BCUT2D eigenvalue weighted by Crippen LogP contribution is 2.19. The summed E-state index contributed by atoms with van der Waals surface area (Å²) < 4.78 is 8.38. The van der Waals surface area contributed by atoms with Gasteiger partial charge in [-0.2, -0.15) is 0 Å². The highest BCUT2D eigenvalue weighted by molar-refractivity contribution is 5.73. The molecule has 0 atom stereocenters. The quantitative estimate of drug-likeness (QED) is 0.0427. The molecule has 2 heterocycles. The third-order valence-electron chi connectivity index (χ3n) is 9.87. The van der Waals surface area contributed by atoms with Gasteiger partial charge in [0.15, 0.2) is 11.4 Å². The summed E-state index contributed by atoms with van der Waals surface area (Å²) in [5.74, 6) is 0.878. The molecule has 8 heteroatoms. The molecule has 52 heavy (non-hydrogen) atoms. The van der Waals surface area contributed by atoms with E-state index >= 15 is 0 Å². The molecule has 1 fully saturated rings. The SMILES string of the molecule is Cc1cc(/C=C/C=C/c2ccc(N(C)C)cc2)cc(C)[n+]1CCCCCCNc1c(NCCCOc2cccc(CN3CCCCC3)c2)c(=O)c1=O. The third kappa shape index (κ3) is 11.4.